The third-order valence-electron chi connectivity index (χ3n) is 11.2. The SMILES string of the molecule is CCCCCC/C=C\C/C=C\CCCCCCCC(=O)OC(COC(=O)CCCCCCCCCCCCCCCCCCCCCCC)COP(=O)(O)OCC[N+](C)(C)C. The Kier molecular flexibility index (Phi) is 42.6. The van der Waals surface area contributed by atoms with E-state index in [2.05, 4.69) is 38.2 Å². The van der Waals surface area contributed by atoms with Crippen LogP contribution in [0.1, 0.15) is 239 Å². The summed E-state index contributed by atoms with van der Waals surface area (Å²) in [6.07, 6.45) is 49.4. The molecule has 0 rings (SSSR count). The van der Waals surface area contributed by atoms with Crippen LogP contribution in [-0.4, -0.2) is 74.9 Å². The van der Waals surface area contributed by atoms with Gasteiger partial charge in [-0.2, -0.15) is 0 Å². The topological polar surface area (TPSA) is 108 Å². The van der Waals surface area contributed by atoms with Crippen molar-refractivity contribution < 1.29 is 42.1 Å². The van der Waals surface area contributed by atoms with Gasteiger partial charge >= 0.3 is 19.8 Å². The summed E-state index contributed by atoms with van der Waals surface area (Å²) in [6.45, 7) is 4.43. The highest BCUT2D eigenvalue weighted by molar-refractivity contribution is 7.47. The van der Waals surface area contributed by atoms with Crippen LogP contribution >= 0.6 is 7.82 Å². The second-order valence-electron chi connectivity index (χ2n) is 18.6. The third kappa shape index (κ3) is 47.8. The molecule has 0 aromatic carbocycles. The quantitative estimate of drug-likeness (QED) is 0.0212. The maximum atomic E-state index is 12.7. The highest BCUT2D eigenvalue weighted by Crippen LogP contribution is 2.43. The van der Waals surface area contributed by atoms with Gasteiger partial charge in [0.2, 0.25) is 0 Å². The Hall–Kier alpha value is -1.51. The monoisotopic (exact) mass is 885 g/mol. The predicted octanol–water partition coefficient (Wildman–Crippen LogP) is 15.1. The van der Waals surface area contributed by atoms with Crippen molar-refractivity contribution in [3.8, 4) is 0 Å². The fraction of sp³-hybridized carbons (Fsp3) is 0.882. The van der Waals surface area contributed by atoms with Crippen molar-refractivity contribution in [2.24, 2.45) is 0 Å². The molecule has 0 aliphatic rings. The molecule has 0 aromatic heterocycles. The molecule has 360 valence electrons. The van der Waals surface area contributed by atoms with Crippen molar-refractivity contribution in [2.75, 3.05) is 47.5 Å². The van der Waals surface area contributed by atoms with Crippen molar-refractivity contribution in [1.82, 2.24) is 0 Å². The number of quaternary nitrogens is 1. The maximum absolute atomic E-state index is 12.7. The molecule has 0 heterocycles. The zero-order valence-electron chi connectivity index (χ0n) is 40.7. The fourth-order valence-corrected chi connectivity index (χ4v) is 7.96. The lowest BCUT2D eigenvalue weighted by atomic mass is 10.0. The van der Waals surface area contributed by atoms with E-state index in [9.17, 15) is 19.0 Å². The Morgan fingerprint density at radius 1 is 0.508 bits per heavy atom. The summed E-state index contributed by atoms with van der Waals surface area (Å²) in [5.41, 5.74) is 0. The first-order chi connectivity index (χ1) is 29.5. The average molecular weight is 885 g/mol. The van der Waals surface area contributed by atoms with Gasteiger partial charge in [-0.15, -0.1) is 0 Å². The molecule has 1 N–H and O–H groups in total. The summed E-state index contributed by atoms with van der Waals surface area (Å²) in [5.74, 6) is -0.802. The number of carbonyl (C=O) groups is 2. The Labute approximate surface area is 377 Å². The minimum Gasteiger partial charge on any atom is -0.462 e. The minimum absolute atomic E-state index is 0.0309. The summed E-state index contributed by atoms with van der Waals surface area (Å²) in [6, 6.07) is 0. The van der Waals surface area contributed by atoms with Gasteiger partial charge in [-0.1, -0.05) is 205 Å². The van der Waals surface area contributed by atoms with Gasteiger partial charge in [-0.05, 0) is 44.9 Å². The van der Waals surface area contributed by atoms with Crippen molar-refractivity contribution in [2.45, 2.75) is 245 Å². The van der Waals surface area contributed by atoms with Crippen molar-refractivity contribution >= 4 is 19.8 Å². The second kappa shape index (κ2) is 43.7. The number of unbranched alkanes of at least 4 members (excludes halogenated alkanes) is 29. The molecular formula is C51H99NO8P+. The van der Waals surface area contributed by atoms with Gasteiger partial charge in [-0.25, -0.2) is 4.57 Å². The van der Waals surface area contributed by atoms with Gasteiger partial charge in [-0.3, -0.25) is 18.6 Å². The highest BCUT2D eigenvalue weighted by atomic mass is 31.2. The van der Waals surface area contributed by atoms with Crippen LogP contribution in [-0.2, 0) is 32.7 Å². The number of phosphoric ester groups is 1. The molecule has 0 aromatic rings. The second-order valence-corrected chi connectivity index (χ2v) is 20.0. The number of carbonyl (C=O) groups excluding carboxylic acids is 2. The van der Waals surface area contributed by atoms with E-state index in [-0.39, 0.29) is 25.6 Å². The van der Waals surface area contributed by atoms with E-state index in [1.165, 1.54) is 148 Å². The zero-order valence-corrected chi connectivity index (χ0v) is 41.6. The number of esters is 2. The zero-order chi connectivity index (χ0) is 45.0. The van der Waals surface area contributed by atoms with Crippen LogP contribution in [0.2, 0.25) is 0 Å². The minimum atomic E-state index is -4.38. The summed E-state index contributed by atoms with van der Waals surface area (Å²) in [7, 11) is 1.48. The molecular weight excluding hydrogens is 786 g/mol. The number of nitrogens with zero attached hydrogens (tertiary/aromatic N) is 1. The summed E-state index contributed by atoms with van der Waals surface area (Å²) >= 11 is 0. The average Bonchev–Trinajstić information content (AvgIpc) is 3.21. The number of phosphoric acid groups is 1. The standard InChI is InChI=1S/C51H98NO8P/c1-6-8-10-12-14-16-18-20-22-24-25-26-27-28-30-31-33-35-37-39-41-43-50(53)57-47-49(48-59-61(55,56)58-46-45-52(3,4)5)60-51(54)44-42-40-38-36-34-32-29-23-21-19-17-15-13-11-9-7-2/h17,19,23,29,49H,6-16,18,20-22,24-28,30-48H2,1-5H3/p+1/b19-17-,29-23-. The Bertz CT molecular complexity index is 1090. The number of hydrogen-bond donors (Lipinski definition) is 1. The van der Waals surface area contributed by atoms with E-state index in [1.807, 2.05) is 21.1 Å². The van der Waals surface area contributed by atoms with Crippen LogP contribution in [0.4, 0.5) is 0 Å². The molecule has 0 aliphatic carbocycles. The molecule has 0 saturated heterocycles. The lowest BCUT2D eigenvalue weighted by molar-refractivity contribution is -0.870. The normalized spacial score (nSPS) is 13.6. The first kappa shape index (κ1) is 59.5. The van der Waals surface area contributed by atoms with Crippen molar-refractivity contribution in [3.63, 3.8) is 0 Å². The lowest BCUT2D eigenvalue weighted by Gasteiger charge is -2.24. The Morgan fingerprint density at radius 3 is 1.31 bits per heavy atom. The van der Waals surface area contributed by atoms with E-state index in [0.717, 1.165) is 57.8 Å². The number of rotatable bonds is 47. The molecule has 0 amide bonds. The molecule has 0 spiro atoms. The van der Waals surface area contributed by atoms with Crippen LogP contribution < -0.4 is 0 Å². The van der Waals surface area contributed by atoms with Gasteiger partial charge < -0.3 is 18.9 Å². The first-order valence-electron chi connectivity index (χ1n) is 25.6. The lowest BCUT2D eigenvalue weighted by Crippen LogP contribution is -2.37. The van der Waals surface area contributed by atoms with Crippen LogP contribution in [0.3, 0.4) is 0 Å². The molecule has 10 heteroatoms. The van der Waals surface area contributed by atoms with Gasteiger partial charge in [0.05, 0.1) is 27.7 Å². The van der Waals surface area contributed by atoms with Gasteiger partial charge in [0.1, 0.15) is 19.8 Å². The number of likely N-dealkylation sites (N-methyl/N-ethyl adjacent to an activating group) is 1. The molecule has 9 nitrogen and oxygen atoms in total. The first-order valence-corrected chi connectivity index (χ1v) is 27.1. The number of allylic oxidation sites excluding steroid dienone is 4. The predicted molar refractivity (Wildman–Crippen MR) is 257 cm³/mol. The molecule has 2 atom stereocenters. The van der Waals surface area contributed by atoms with Crippen molar-refractivity contribution in [1.29, 1.82) is 0 Å². The number of ether oxygens (including phenoxy) is 2. The molecule has 0 radical (unpaired) electrons. The Morgan fingerprint density at radius 2 is 0.885 bits per heavy atom. The molecule has 0 bridgehead atoms. The maximum Gasteiger partial charge on any atom is 0.472 e. The smallest absolute Gasteiger partial charge is 0.462 e. The van der Waals surface area contributed by atoms with Gasteiger partial charge in [0.15, 0.2) is 6.10 Å². The summed E-state index contributed by atoms with van der Waals surface area (Å²) < 4.78 is 34.4. The number of hydrogen-bond acceptors (Lipinski definition) is 7. The largest absolute Gasteiger partial charge is 0.472 e. The van der Waals surface area contributed by atoms with E-state index in [4.69, 9.17) is 18.5 Å². The van der Waals surface area contributed by atoms with Crippen LogP contribution in [0.15, 0.2) is 24.3 Å². The van der Waals surface area contributed by atoms with Crippen LogP contribution in [0, 0.1) is 0 Å². The van der Waals surface area contributed by atoms with E-state index in [1.54, 1.807) is 0 Å². The van der Waals surface area contributed by atoms with Gasteiger partial charge in [0, 0.05) is 12.8 Å². The fourth-order valence-electron chi connectivity index (χ4n) is 7.22. The molecule has 2 unspecified atom stereocenters. The van der Waals surface area contributed by atoms with Crippen LogP contribution in [0.5, 0.6) is 0 Å². The van der Waals surface area contributed by atoms with Gasteiger partial charge in [0.25, 0.3) is 0 Å². The van der Waals surface area contributed by atoms with Crippen molar-refractivity contribution in [3.05, 3.63) is 24.3 Å². The van der Waals surface area contributed by atoms with E-state index in [0.29, 0.717) is 23.9 Å². The third-order valence-corrected chi connectivity index (χ3v) is 12.2. The van der Waals surface area contributed by atoms with E-state index >= 15 is 0 Å². The molecule has 0 saturated carbocycles. The molecule has 0 fully saturated rings. The molecule has 0 aliphatic heterocycles. The summed E-state index contributed by atoms with van der Waals surface area (Å²) in [4.78, 5) is 35.5. The van der Waals surface area contributed by atoms with E-state index < -0.39 is 26.5 Å². The summed E-state index contributed by atoms with van der Waals surface area (Å²) in [5, 5.41) is 0. The Balaban J connectivity index is 4.22. The van der Waals surface area contributed by atoms with Crippen LogP contribution in [0.25, 0.3) is 0 Å². The molecule has 61 heavy (non-hydrogen) atoms. The highest BCUT2D eigenvalue weighted by Gasteiger charge is 2.27.